The molecular formula is C19H18N2O. The summed E-state index contributed by atoms with van der Waals surface area (Å²) in [6.45, 7) is 4.03. The van der Waals surface area contributed by atoms with Crippen LogP contribution in [0, 0.1) is 13.8 Å². The zero-order chi connectivity index (χ0) is 15.5. The lowest BCUT2D eigenvalue weighted by atomic mass is 10.1. The first-order valence-electron chi connectivity index (χ1n) is 7.26. The van der Waals surface area contributed by atoms with Crippen molar-refractivity contribution in [3.63, 3.8) is 0 Å². The Balaban J connectivity index is 1.81. The Labute approximate surface area is 130 Å². The van der Waals surface area contributed by atoms with E-state index in [0.29, 0.717) is 0 Å². The van der Waals surface area contributed by atoms with E-state index in [-0.39, 0.29) is 6.03 Å². The SMILES string of the molecule is Cc1cc(C)cc(NC(=O)Nc2cccc3ccccc23)c1. The highest BCUT2D eigenvalue weighted by atomic mass is 16.2. The smallest absolute Gasteiger partial charge is 0.308 e. The number of carbonyl (C=O) groups excluding carboxylic acids is 1. The topological polar surface area (TPSA) is 41.1 Å². The number of rotatable bonds is 2. The summed E-state index contributed by atoms with van der Waals surface area (Å²) in [6, 6.07) is 19.6. The van der Waals surface area contributed by atoms with Gasteiger partial charge in [0.2, 0.25) is 0 Å². The first-order chi connectivity index (χ1) is 10.6. The van der Waals surface area contributed by atoms with Gasteiger partial charge in [0.15, 0.2) is 0 Å². The monoisotopic (exact) mass is 290 g/mol. The molecule has 0 saturated heterocycles. The van der Waals surface area contributed by atoms with E-state index in [2.05, 4.69) is 16.7 Å². The minimum Gasteiger partial charge on any atom is -0.308 e. The zero-order valence-electron chi connectivity index (χ0n) is 12.7. The lowest BCUT2D eigenvalue weighted by Crippen LogP contribution is -2.19. The van der Waals surface area contributed by atoms with Crippen LogP contribution in [0.5, 0.6) is 0 Å². The minimum atomic E-state index is -0.235. The van der Waals surface area contributed by atoms with E-state index in [4.69, 9.17) is 0 Å². The van der Waals surface area contributed by atoms with Crippen LogP contribution < -0.4 is 10.6 Å². The quantitative estimate of drug-likeness (QED) is 0.677. The number of carbonyl (C=O) groups is 1. The molecule has 0 aromatic heterocycles. The molecule has 0 aliphatic heterocycles. The molecule has 0 fully saturated rings. The molecule has 0 heterocycles. The second kappa shape index (κ2) is 5.90. The normalized spacial score (nSPS) is 10.5. The third kappa shape index (κ3) is 3.09. The lowest BCUT2D eigenvalue weighted by molar-refractivity contribution is 0.262. The Bertz CT molecular complexity index is 814. The van der Waals surface area contributed by atoms with Crippen LogP contribution in [0.3, 0.4) is 0 Å². The van der Waals surface area contributed by atoms with Crippen molar-refractivity contribution in [1.29, 1.82) is 0 Å². The van der Waals surface area contributed by atoms with E-state index < -0.39 is 0 Å². The van der Waals surface area contributed by atoms with Crippen molar-refractivity contribution in [2.24, 2.45) is 0 Å². The first-order valence-corrected chi connectivity index (χ1v) is 7.26. The molecule has 22 heavy (non-hydrogen) atoms. The predicted molar refractivity (Wildman–Crippen MR) is 92.5 cm³/mol. The molecule has 0 saturated carbocycles. The lowest BCUT2D eigenvalue weighted by Gasteiger charge is -2.11. The number of fused-ring (bicyclic) bond motifs is 1. The fourth-order valence-corrected chi connectivity index (χ4v) is 2.67. The van der Waals surface area contributed by atoms with Crippen molar-refractivity contribution in [3.8, 4) is 0 Å². The highest BCUT2D eigenvalue weighted by Gasteiger charge is 2.06. The van der Waals surface area contributed by atoms with Gasteiger partial charge in [-0.3, -0.25) is 0 Å². The van der Waals surface area contributed by atoms with Crippen molar-refractivity contribution < 1.29 is 4.79 Å². The molecule has 3 aromatic rings. The molecule has 3 aromatic carbocycles. The average molecular weight is 290 g/mol. The number of urea groups is 1. The maximum Gasteiger partial charge on any atom is 0.323 e. The minimum absolute atomic E-state index is 0.235. The van der Waals surface area contributed by atoms with Crippen molar-refractivity contribution in [2.45, 2.75) is 13.8 Å². The molecule has 2 N–H and O–H groups in total. The van der Waals surface area contributed by atoms with Crippen LogP contribution in [-0.4, -0.2) is 6.03 Å². The Hall–Kier alpha value is -2.81. The fraction of sp³-hybridized carbons (Fsp3) is 0.105. The summed E-state index contributed by atoms with van der Waals surface area (Å²) >= 11 is 0. The van der Waals surface area contributed by atoms with Gasteiger partial charge >= 0.3 is 6.03 Å². The second-order valence-electron chi connectivity index (χ2n) is 5.48. The number of nitrogens with one attached hydrogen (secondary N) is 2. The highest BCUT2D eigenvalue weighted by Crippen LogP contribution is 2.23. The van der Waals surface area contributed by atoms with Crippen LogP contribution in [0.15, 0.2) is 60.7 Å². The van der Waals surface area contributed by atoms with Crippen LogP contribution in [0.4, 0.5) is 16.2 Å². The predicted octanol–water partition coefficient (Wildman–Crippen LogP) is 5.10. The fourth-order valence-electron chi connectivity index (χ4n) is 2.67. The average Bonchev–Trinajstić information content (AvgIpc) is 2.46. The molecule has 0 aliphatic carbocycles. The van der Waals surface area contributed by atoms with Gasteiger partial charge in [-0.1, -0.05) is 42.5 Å². The van der Waals surface area contributed by atoms with Crippen LogP contribution in [0.25, 0.3) is 10.8 Å². The van der Waals surface area contributed by atoms with Gasteiger partial charge < -0.3 is 10.6 Å². The molecule has 0 unspecified atom stereocenters. The molecule has 0 spiro atoms. The number of anilines is 2. The van der Waals surface area contributed by atoms with Gasteiger partial charge in [-0.2, -0.15) is 0 Å². The Morgan fingerprint density at radius 2 is 1.50 bits per heavy atom. The van der Waals surface area contributed by atoms with E-state index in [0.717, 1.165) is 33.3 Å². The van der Waals surface area contributed by atoms with Crippen molar-refractivity contribution >= 4 is 28.2 Å². The van der Waals surface area contributed by atoms with E-state index in [9.17, 15) is 4.79 Å². The van der Waals surface area contributed by atoms with E-state index >= 15 is 0 Å². The van der Waals surface area contributed by atoms with Gasteiger partial charge in [0, 0.05) is 11.1 Å². The molecule has 3 rings (SSSR count). The van der Waals surface area contributed by atoms with Gasteiger partial charge in [-0.15, -0.1) is 0 Å². The van der Waals surface area contributed by atoms with Crippen molar-refractivity contribution in [2.75, 3.05) is 10.6 Å². The van der Waals surface area contributed by atoms with Crippen molar-refractivity contribution in [3.05, 3.63) is 71.8 Å². The van der Waals surface area contributed by atoms with Crippen LogP contribution in [0.2, 0.25) is 0 Å². The van der Waals surface area contributed by atoms with Gasteiger partial charge in [0.25, 0.3) is 0 Å². The van der Waals surface area contributed by atoms with Gasteiger partial charge in [0.05, 0.1) is 5.69 Å². The van der Waals surface area contributed by atoms with E-state index in [1.54, 1.807) is 0 Å². The Kier molecular flexibility index (Phi) is 3.79. The molecule has 3 heteroatoms. The van der Waals surface area contributed by atoms with Crippen molar-refractivity contribution in [1.82, 2.24) is 0 Å². The summed E-state index contributed by atoms with van der Waals surface area (Å²) in [6.07, 6.45) is 0. The van der Waals surface area contributed by atoms with E-state index in [1.807, 2.05) is 68.4 Å². The zero-order valence-corrected chi connectivity index (χ0v) is 12.7. The maximum absolute atomic E-state index is 12.2. The number of benzene rings is 3. The summed E-state index contributed by atoms with van der Waals surface area (Å²) in [5.74, 6) is 0. The Morgan fingerprint density at radius 1 is 0.818 bits per heavy atom. The molecule has 2 amide bonds. The highest BCUT2D eigenvalue weighted by molar-refractivity contribution is 6.06. The molecule has 110 valence electrons. The third-order valence-corrected chi connectivity index (χ3v) is 3.52. The molecular weight excluding hydrogens is 272 g/mol. The van der Waals surface area contributed by atoms with Gasteiger partial charge in [0.1, 0.15) is 0 Å². The van der Waals surface area contributed by atoms with Crippen LogP contribution >= 0.6 is 0 Å². The molecule has 0 bridgehead atoms. The summed E-state index contributed by atoms with van der Waals surface area (Å²) in [7, 11) is 0. The number of aryl methyl sites for hydroxylation is 2. The third-order valence-electron chi connectivity index (χ3n) is 3.52. The summed E-state index contributed by atoms with van der Waals surface area (Å²) < 4.78 is 0. The number of hydrogen-bond acceptors (Lipinski definition) is 1. The molecule has 0 atom stereocenters. The van der Waals surface area contributed by atoms with Gasteiger partial charge in [-0.05, 0) is 48.6 Å². The van der Waals surface area contributed by atoms with E-state index in [1.165, 1.54) is 0 Å². The summed E-state index contributed by atoms with van der Waals surface area (Å²) in [5, 5.41) is 7.94. The molecule has 0 aliphatic rings. The first kappa shape index (κ1) is 14.1. The summed E-state index contributed by atoms with van der Waals surface area (Å²) in [5.41, 5.74) is 3.86. The Morgan fingerprint density at radius 3 is 2.27 bits per heavy atom. The molecule has 0 radical (unpaired) electrons. The second-order valence-corrected chi connectivity index (χ2v) is 5.48. The van der Waals surface area contributed by atoms with Crippen LogP contribution in [0.1, 0.15) is 11.1 Å². The number of hydrogen-bond donors (Lipinski definition) is 2. The van der Waals surface area contributed by atoms with Crippen LogP contribution in [-0.2, 0) is 0 Å². The summed E-state index contributed by atoms with van der Waals surface area (Å²) in [4.78, 5) is 12.2. The standard InChI is InChI=1S/C19H18N2O/c1-13-10-14(2)12-16(11-13)20-19(22)21-18-9-5-7-15-6-3-4-8-17(15)18/h3-12H,1-2H3,(H2,20,21,22). The largest absolute Gasteiger partial charge is 0.323 e. The maximum atomic E-state index is 12.2. The number of amides is 2. The van der Waals surface area contributed by atoms with Gasteiger partial charge in [-0.25, -0.2) is 4.79 Å². The molecule has 3 nitrogen and oxygen atoms in total.